The monoisotopic (exact) mass is 350 g/mol. The van der Waals surface area contributed by atoms with Gasteiger partial charge in [0, 0.05) is 17.8 Å². The summed E-state index contributed by atoms with van der Waals surface area (Å²) in [5.74, 6) is 0. The number of rotatable bonds is 16. The molecule has 0 fully saturated rings. The van der Waals surface area contributed by atoms with Crippen molar-refractivity contribution in [2.75, 3.05) is 0 Å². The van der Waals surface area contributed by atoms with Gasteiger partial charge in [-0.3, -0.25) is 14.9 Å². The zero-order valence-electron chi connectivity index (χ0n) is 15.3. The first-order valence-corrected chi connectivity index (χ1v) is 9.25. The molecule has 1 N–H and O–H groups in total. The van der Waals surface area contributed by atoms with E-state index >= 15 is 0 Å². The summed E-state index contributed by atoms with van der Waals surface area (Å²) in [6, 6.07) is -0.997. The lowest BCUT2D eigenvalue weighted by Gasteiger charge is -2.12. The molecule has 141 valence electrons. The van der Waals surface area contributed by atoms with Crippen LogP contribution in [0.2, 0.25) is 0 Å². The largest absolute Gasteiger partial charge is 0.386 e. The zero-order chi connectivity index (χ0) is 18.8. The number of hydrogen-bond acceptors (Lipinski definition) is 4. The van der Waals surface area contributed by atoms with Gasteiger partial charge < -0.3 is 5.11 Å². The average molecular weight is 350 g/mol. The van der Waals surface area contributed by atoms with Crippen molar-refractivity contribution >= 4 is 6.29 Å². The number of carbonyl (C=O) groups excluding carboxylic acids is 1. The molecule has 0 spiro atoms. The van der Waals surface area contributed by atoms with E-state index in [2.05, 4.69) is 19.1 Å². The first-order chi connectivity index (χ1) is 12.1. The minimum Gasteiger partial charge on any atom is -0.386 e. The fourth-order valence-corrected chi connectivity index (χ4v) is 2.32. The predicted octanol–water partition coefficient (Wildman–Crippen LogP) is 4.69. The number of aliphatic hydroxyl groups excluding tert-OH is 1. The molecule has 0 rings (SSSR count). The van der Waals surface area contributed by atoms with Crippen LogP contribution in [0.4, 0.5) is 0 Å². The van der Waals surface area contributed by atoms with Crippen LogP contribution in [0, 0.1) is 10.1 Å². The molecule has 2 atom stereocenters. The predicted molar refractivity (Wildman–Crippen MR) is 102 cm³/mol. The highest BCUT2D eigenvalue weighted by molar-refractivity contribution is 5.50. The summed E-state index contributed by atoms with van der Waals surface area (Å²) in [5.41, 5.74) is 0. The number of unbranched alkanes of at least 4 members (excludes halogenated alkanes) is 5. The van der Waals surface area contributed by atoms with Gasteiger partial charge in [-0.15, -0.1) is 0 Å². The van der Waals surface area contributed by atoms with E-state index in [-0.39, 0.29) is 12.8 Å². The third-order valence-electron chi connectivity index (χ3n) is 3.87. The van der Waals surface area contributed by atoms with Crippen LogP contribution in [0.1, 0.15) is 71.1 Å². The highest BCUT2D eigenvalue weighted by Crippen LogP contribution is 2.10. The van der Waals surface area contributed by atoms with Gasteiger partial charge in [0.25, 0.3) is 0 Å². The van der Waals surface area contributed by atoms with Gasteiger partial charge in [-0.05, 0) is 38.5 Å². The molecule has 0 amide bonds. The van der Waals surface area contributed by atoms with E-state index in [4.69, 9.17) is 0 Å². The lowest BCUT2D eigenvalue weighted by molar-refractivity contribution is -0.533. The van der Waals surface area contributed by atoms with Crippen molar-refractivity contribution in [3.63, 3.8) is 0 Å². The van der Waals surface area contributed by atoms with Crippen molar-refractivity contribution in [2.45, 2.75) is 83.3 Å². The van der Waals surface area contributed by atoms with Crippen LogP contribution < -0.4 is 0 Å². The lowest BCUT2D eigenvalue weighted by Crippen LogP contribution is -2.32. The summed E-state index contributed by atoms with van der Waals surface area (Å²) in [5, 5.41) is 21.1. The Balaban J connectivity index is 4.06. The third kappa shape index (κ3) is 14.3. The normalized spacial score (nSPS) is 14.5. The number of nitro groups is 1. The van der Waals surface area contributed by atoms with Gasteiger partial charge in [-0.25, -0.2) is 0 Å². The van der Waals surface area contributed by atoms with E-state index in [0.717, 1.165) is 12.8 Å². The number of aliphatic hydroxyl groups is 1. The van der Waals surface area contributed by atoms with Crippen LogP contribution in [-0.4, -0.2) is 28.5 Å². The molecule has 0 heterocycles. The molecule has 0 aromatic heterocycles. The summed E-state index contributed by atoms with van der Waals surface area (Å²) in [6.07, 6.45) is 20.1. The maximum absolute atomic E-state index is 11.1. The topological polar surface area (TPSA) is 80.4 Å². The molecule has 0 bridgehead atoms. The Morgan fingerprint density at radius 2 is 1.64 bits per heavy atom. The third-order valence-corrected chi connectivity index (χ3v) is 3.87. The Morgan fingerprint density at radius 1 is 1.00 bits per heavy atom. The van der Waals surface area contributed by atoms with Gasteiger partial charge in [0.05, 0.1) is 0 Å². The molecule has 0 aromatic carbocycles. The van der Waals surface area contributed by atoms with Gasteiger partial charge in [-0.1, -0.05) is 56.2 Å². The standard InChI is InChI=1S/C20H32NO4/c1-2-3-4-5-6-7-8-11-14-17-20(23)19(21(24)25)16-13-10-9-12-15-18-22/h6-7,10-11,13-14,19-20,23H,2-5,8-9,12,15-17H2,1H3/b7-6-,13-10-,14-11-. The van der Waals surface area contributed by atoms with Crippen LogP contribution in [0.15, 0.2) is 36.5 Å². The van der Waals surface area contributed by atoms with Gasteiger partial charge in [0.2, 0.25) is 6.04 Å². The van der Waals surface area contributed by atoms with Gasteiger partial charge in [-0.2, -0.15) is 0 Å². The lowest BCUT2D eigenvalue weighted by atomic mass is 10.0. The Morgan fingerprint density at radius 3 is 2.32 bits per heavy atom. The fourth-order valence-electron chi connectivity index (χ4n) is 2.32. The molecule has 0 aliphatic heterocycles. The molecule has 0 aromatic rings. The van der Waals surface area contributed by atoms with Crippen molar-refractivity contribution in [3.8, 4) is 0 Å². The molecule has 0 aliphatic carbocycles. The van der Waals surface area contributed by atoms with Crippen molar-refractivity contribution in [2.24, 2.45) is 0 Å². The molecule has 5 heteroatoms. The Kier molecular flexibility index (Phi) is 15.9. The van der Waals surface area contributed by atoms with Crippen LogP contribution >= 0.6 is 0 Å². The maximum atomic E-state index is 11.1. The molecule has 0 saturated carbocycles. The van der Waals surface area contributed by atoms with Crippen molar-refractivity contribution in [1.29, 1.82) is 0 Å². The fraction of sp³-hybridized carbons (Fsp3) is 0.650. The maximum Gasteiger partial charge on any atom is 0.242 e. The second-order valence-electron chi connectivity index (χ2n) is 6.07. The first-order valence-electron chi connectivity index (χ1n) is 9.25. The highest BCUT2D eigenvalue weighted by atomic mass is 16.6. The van der Waals surface area contributed by atoms with Crippen LogP contribution in [0.3, 0.4) is 0 Å². The number of allylic oxidation sites excluding steroid dienone is 4. The van der Waals surface area contributed by atoms with E-state index < -0.39 is 17.1 Å². The van der Waals surface area contributed by atoms with Crippen LogP contribution in [-0.2, 0) is 4.79 Å². The summed E-state index contributed by atoms with van der Waals surface area (Å²) >= 11 is 0. The second-order valence-corrected chi connectivity index (χ2v) is 6.07. The second kappa shape index (κ2) is 17.1. The van der Waals surface area contributed by atoms with E-state index in [1.54, 1.807) is 12.2 Å². The quantitative estimate of drug-likeness (QED) is 0.189. The van der Waals surface area contributed by atoms with E-state index in [1.807, 2.05) is 18.4 Å². The molecule has 25 heavy (non-hydrogen) atoms. The molecule has 0 saturated heterocycles. The highest BCUT2D eigenvalue weighted by Gasteiger charge is 2.27. The van der Waals surface area contributed by atoms with Gasteiger partial charge in [0.15, 0.2) is 6.29 Å². The van der Waals surface area contributed by atoms with Crippen molar-refractivity contribution in [3.05, 3.63) is 46.6 Å². The Bertz CT molecular complexity index is 429. The van der Waals surface area contributed by atoms with E-state index in [1.165, 1.54) is 19.3 Å². The van der Waals surface area contributed by atoms with Crippen LogP contribution in [0.5, 0.6) is 0 Å². The molecule has 1 radical (unpaired) electrons. The zero-order valence-corrected chi connectivity index (χ0v) is 15.3. The number of hydrogen-bond donors (Lipinski definition) is 1. The Labute approximate surface area is 151 Å². The van der Waals surface area contributed by atoms with Crippen molar-refractivity contribution < 1.29 is 14.8 Å². The van der Waals surface area contributed by atoms with E-state index in [0.29, 0.717) is 19.3 Å². The SMILES string of the molecule is CCCCC/C=C\C/C=C\CC(O)C(C/C=C\CCC[C]=O)[N+](=O)[O-]. The molecular formula is C20H32NO4. The minimum atomic E-state index is -0.997. The minimum absolute atomic E-state index is 0.199. The molecular weight excluding hydrogens is 318 g/mol. The molecule has 5 nitrogen and oxygen atoms in total. The van der Waals surface area contributed by atoms with Crippen LogP contribution in [0.25, 0.3) is 0 Å². The first kappa shape index (κ1) is 23.2. The van der Waals surface area contributed by atoms with E-state index in [9.17, 15) is 20.0 Å². The summed E-state index contributed by atoms with van der Waals surface area (Å²) < 4.78 is 0. The van der Waals surface area contributed by atoms with Gasteiger partial charge in [0.1, 0.15) is 6.10 Å². The molecule has 2 unspecified atom stereocenters. The smallest absolute Gasteiger partial charge is 0.242 e. The van der Waals surface area contributed by atoms with Crippen molar-refractivity contribution in [1.82, 2.24) is 0 Å². The average Bonchev–Trinajstić information content (AvgIpc) is 2.59. The summed E-state index contributed by atoms with van der Waals surface area (Å²) in [6.45, 7) is 2.18. The Hall–Kier alpha value is -1.75. The summed E-state index contributed by atoms with van der Waals surface area (Å²) in [4.78, 5) is 20.7. The number of nitrogens with zero attached hydrogens (tertiary/aromatic N) is 1. The van der Waals surface area contributed by atoms with Gasteiger partial charge >= 0.3 is 0 Å². The molecule has 0 aliphatic rings. The summed E-state index contributed by atoms with van der Waals surface area (Å²) in [7, 11) is 0.